The highest BCUT2D eigenvalue weighted by atomic mass is 32.2. The van der Waals surface area contributed by atoms with E-state index < -0.39 is 0 Å². The van der Waals surface area contributed by atoms with E-state index in [0.29, 0.717) is 6.54 Å². The molecule has 2 aromatic rings. The van der Waals surface area contributed by atoms with Crippen LogP contribution in [0.4, 0.5) is 0 Å². The van der Waals surface area contributed by atoms with E-state index in [9.17, 15) is 0 Å². The smallest absolute Gasteiger partial charge is 0.0467 e. The normalized spacial score (nSPS) is 12.6. The first-order valence-electron chi connectivity index (χ1n) is 7.17. The summed E-state index contributed by atoms with van der Waals surface area (Å²) in [5.74, 6) is 0. The second kappa shape index (κ2) is 8.17. The average molecular weight is 301 g/mol. The lowest BCUT2D eigenvalue weighted by Crippen LogP contribution is -2.32. The fourth-order valence-corrected chi connectivity index (χ4v) is 2.82. The second-order valence-electron chi connectivity index (χ2n) is 5.11. The van der Waals surface area contributed by atoms with Crippen LogP contribution in [-0.2, 0) is 6.42 Å². The molecule has 1 aromatic heterocycles. The van der Waals surface area contributed by atoms with Gasteiger partial charge in [0.25, 0.3) is 0 Å². The van der Waals surface area contributed by atoms with Crippen molar-refractivity contribution in [2.24, 2.45) is 5.73 Å². The van der Waals surface area contributed by atoms with Gasteiger partial charge in [0.1, 0.15) is 0 Å². The largest absolute Gasteiger partial charge is 0.329 e. The van der Waals surface area contributed by atoms with Crippen LogP contribution in [0, 0.1) is 0 Å². The summed E-state index contributed by atoms with van der Waals surface area (Å²) in [6, 6.07) is 13.1. The van der Waals surface area contributed by atoms with Gasteiger partial charge in [-0.3, -0.25) is 9.88 Å². The number of pyridine rings is 1. The minimum absolute atomic E-state index is 0.266. The molecule has 0 saturated heterocycles. The highest BCUT2D eigenvalue weighted by Crippen LogP contribution is 2.22. The van der Waals surface area contributed by atoms with Gasteiger partial charge >= 0.3 is 0 Å². The van der Waals surface area contributed by atoms with Crippen LogP contribution in [0.1, 0.15) is 17.2 Å². The van der Waals surface area contributed by atoms with Crippen molar-refractivity contribution in [2.75, 3.05) is 26.4 Å². The van der Waals surface area contributed by atoms with Crippen LogP contribution in [0.3, 0.4) is 0 Å². The van der Waals surface area contributed by atoms with E-state index >= 15 is 0 Å². The first kappa shape index (κ1) is 16.0. The van der Waals surface area contributed by atoms with E-state index in [-0.39, 0.29) is 6.04 Å². The maximum atomic E-state index is 5.99. The molecule has 1 heterocycles. The molecular formula is C17H23N3S. The standard InChI is InChI=1S/C17H23N3S/c1-20(12-9-14-7-10-19-11-8-14)17(13-18)15-3-5-16(21-2)6-4-15/h3-8,10-11,17H,9,12-13,18H2,1-2H3. The lowest BCUT2D eigenvalue weighted by molar-refractivity contribution is 0.253. The van der Waals surface area contributed by atoms with Crippen LogP contribution in [0.25, 0.3) is 0 Å². The van der Waals surface area contributed by atoms with Gasteiger partial charge in [-0.2, -0.15) is 0 Å². The predicted octanol–water partition coefficient (Wildman–Crippen LogP) is 2.98. The van der Waals surface area contributed by atoms with Crippen molar-refractivity contribution in [3.8, 4) is 0 Å². The van der Waals surface area contributed by atoms with Crippen LogP contribution in [-0.4, -0.2) is 36.3 Å². The van der Waals surface area contributed by atoms with Gasteiger partial charge in [0, 0.05) is 36.4 Å². The Kier molecular flexibility index (Phi) is 6.23. The Bertz CT molecular complexity index is 527. The van der Waals surface area contributed by atoms with Gasteiger partial charge in [-0.1, -0.05) is 12.1 Å². The van der Waals surface area contributed by atoms with Crippen molar-refractivity contribution in [1.29, 1.82) is 0 Å². The molecule has 1 aromatic carbocycles. The summed E-state index contributed by atoms with van der Waals surface area (Å²) in [7, 11) is 2.14. The molecule has 0 spiro atoms. The van der Waals surface area contributed by atoms with Gasteiger partial charge in [0.2, 0.25) is 0 Å². The molecule has 4 heteroatoms. The number of hydrogen-bond acceptors (Lipinski definition) is 4. The Morgan fingerprint density at radius 3 is 2.38 bits per heavy atom. The Balaban J connectivity index is 1.98. The third-order valence-corrected chi connectivity index (χ3v) is 4.50. The fourth-order valence-electron chi connectivity index (χ4n) is 2.41. The molecule has 0 aliphatic heterocycles. The Morgan fingerprint density at radius 1 is 1.14 bits per heavy atom. The predicted molar refractivity (Wildman–Crippen MR) is 90.6 cm³/mol. The molecule has 0 fully saturated rings. The maximum Gasteiger partial charge on any atom is 0.0467 e. The minimum Gasteiger partial charge on any atom is -0.329 e. The summed E-state index contributed by atoms with van der Waals surface area (Å²) in [4.78, 5) is 7.67. The maximum absolute atomic E-state index is 5.99. The van der Waals surface area contributed by atoms with E-state index in [4.69, 9.17) is 5.73 Å². The Labute approximate surface area is 131 Å². The van der Waals surface area contributed by atoms with Gasteiger partial charge in [0.05, 0.1) is 0 Å². The number of rotatable bonds is 7. The van der Waals surface area contributed by atoms with Crippen LogP contribution in [0.5, 0.6) is 0 Å². The average Bonchev–Trinajstić information content (AvgIpc) is 2.55. The van der Waals surface area contributed by atoms with Gasteiger partial charge < -0.3 is 5.73 Å². The zero-order valence-corrected chi connectivity index (χ0v) is 13.5. The molecule has 0 bridgehead atoms. The number of nitrogens with two attached hydrogens (primary N) is 1. The molecule has 0 saturated carbocycles. The van der Waals surface area contributed by atoms with Crippen LogP contribution < -0.4 is 5.73 Å². The first-order chi connectivity index (χ1) is 10.2. The molecule has 1 atom stereocenters. The van der Waals surface area contributed by atoms with Gasteiger partial charge in [-0.15, -0.1) is 11.8 Å². The lowest BCUT2D eigenvalue weighted by Gasteiger charge is -2.27. The summed E-state index contributed by atoms with van der Waals surface area (Å²) in [6.45, 7) is 1.61. The van der Waals surface area contributed by atoms with Crippen LogP contribution in [0.2, 0.25) is 0 Å². The van der Waals surface area contributed by atoms with Crippen molar-refractivity contribution in [2.45, 2.75) is 17.4 Å². The molecular weight excluding hydrogens is 278 g/mol. The fraction of sp³-hybridized carbons (Fsp3) is 0.353. The summed E-state index contributed by atoms with van der Waals surface area (Å²) in [5.41, 5.74) is 8.58. The Hall–Kier alpha value is -1.36. The highest BCUT2D eigenvalue weighted by Gasteiger charge is 2.15. The number of likely N-dealkylation sites (N-methyl/N-ethyl adjacent to an activating group) is 1. The summed E-state index contributed by atoms with van der Waals surface area (Å²) in [5, 5.41) is 0. The minimum atomic E-state index is 0.266. The molecule has 3 nitrogen and oxygen atoms in total. The first-order valence-corrected chi connectivity index (χ1v) is 8.40. The van der Waals surface area contributed by atoms with Crippen molar-refractivity contribution in [1.82, 2.24) is 9.88 Å². The molecule has 1 unspecified atom stereocenters. The van der Waals surface area contributed by atoms with Crippen molar-refractivity contribution < 1.29 is 0 Å². The molecule has 112 valence electrons. The van der Waals surface area contributed by atoms with Crippen molar-refractivity contribution in [3.63, 3.8) is 0 Å². The van der Waals surface area contributed by atoms with E-state index in [2.05, 4.69) is 59.6 Å². The molecule has 21 heavy (non-hydrogen) atoms. The number of thioether (sulfide) groups is 1. The lowest BCUT2D eigenvalue weighted by atomic mass is 10.1. The van der Waals surface area contributed by atoms with Crippen molar-refractivity contribution in [3.05, 3.63) is 59.9 Å². The number of hydrogen-bond donors (Lipinski definition) is 1. The zero-order chi connectivity index (χ0) is 15.1. The van der Waals surface area contributed by atoms with E-state index in [0.717, 1.165) is 13.0 Å². The SMILES string of the molecule is CSc1ccc(C(CN)N(C)CCc2ccncc2)cc1. The third kappa shape index (κ3) is 4.56. The van der Waals surface area contributed by atoms with E-state index in [1.165, 1.54) is 16.0 Å². The van der Waals surface area contributed by atoms with E-state index in [1.807, 2.05) is 12.4 Å². The monoisotopic (exact) mass is 301 g/mol. The van der Waals surface area contributed by atoms with Gasteiger partial charge in [0.15, 0.2) is 0 Å². The zero-order valence-electron chi connectivity index (χ0n) is 12.7. The second-order valence-corrected chi connectivity index (χ2v) is 5.99. The Morgan fingerprint density at radius 2 is 1.81 bits per heavy atom. The summed E-state index contributed by atoms with van der Waals surface area (Å²) in [6.07, 6.45) is 6.79. The number of nitrogens with zero attached hydrogens (tertiary/aromatic N) is 2. The van der Waals surface area contributed by atoms with Gasteiger partial charge in [-0.05, 0) is 55.1 Å². The highest BCUT2D eigenvalue weighted by molar-refractivity contribution is 7.98. The topological polar surface area (TPSA) is 42.1 Å². The summed E-state index contributed by atoms with van der Waals surface area (Å²) >= 11 is 1.76. The molecule has 2 N–H and O–H groups in total. The van der Waals surface area contributed by atoms with E-state index in [1.54, 1.807) is 11.8 Å². The molecule has 0 aliphatic carbocycles. The number of benzene rings is 1. The molecule has 0 amide bonds. The molecule has 2 rings (SSSR count). The van der Waals surface area contributed by atoms with Crippen molar-refractivity contribution >= 4 is 11.8 Å². The molecule has 0 radical (unpaired) electrons. The molecule has 0 aliphatic rings. The van der Waals surface area contributed by atoms with Gasteiger partial charge in [-0.25, -0.2) is 0 Å². The van der Waals surface area contributed by atoms with Crippen LogP contribution in [0.15, 0.2) is 53.7 Å². The third-order valence-electron chi connectivity index (χ3n) is 3.76. The quantitative estimate of drug-likeness (QED) is 0.798. The van der Waals surface area contributed by atoms with Crippen LogP contribution >= 0.6 is 11.8 Å². The summed E-state index contributed by atoms with van der Waals surface area (Å²) < 4.78 is 0. The number of aromatic nitrogens is 1.